The Labute approximate surface area is 36.8 Å². The van der Waals surface area contributed by atoms with Gasteiger partial charge in [0.15, 0.2) is 0 Å². The standard InChI is InChI=1S/C2H4BNO2/c3-1-4-2(5)6/h4H,1H2,(H,5,6). The van der Waals surface area contributed by atoms with E-state index >= 15 is 0 Å². The average Bonchev–Trinajstić information content (AvgIpc) is 1.35. The third-order valence-electron chi connectivity index (χ3n) is 0.253. The first-order valence-electron chi connectivity index (χ1n) is 1.44. The van der Waals surface area contributed by atoms with Gasteiger partial charge in [-0.25, -0.2) is 4.79 Å². The minimum absolute atomic E-state index is 0.0185. The predicted molar refractivity (Wildman–Crippen MR) is 21.8 cm³/mol. The Morgan fingerprint density at radius 1 is 2.00 bits per heavy atom. The van der Waals surface area contributed by atoms with Crippen molar-refractivity contribution in [1.82, 2.24) is 5.32 Å². The zero-order valence-electron chi connectivity index (χ0n) is 3.14. The minimum Gasteiger partial charge on any atom is -0.465 e. The quantitative estimate of drug-likeness (QED) is 0.417. The summed E-state index contributed by atoms with van der Waals surface area (Å²) in [7, 11) is 4.74. The van der Waals surface area contributed by atoms with Gasteiger partial charge < -0.3 is 10.4 Å². The van der Waals surface area contributed by atoms with Gasteiger partial charge in [0, 0.05) is 0 Å². The van der Waals surface area contributed by atoms with Gasteiger partial charge in [0.1, 0.15) is 0 Å². The Kier molecular flexibility index (Phi) is 2.28. The maximum absolute atomic E-state index is 9.41. The molecule has 0 saturated heterocycles. The van der Waals surface area contributed by atoms with Crippen LogP contribution in [0.4, 0.5) is 4.79 Å². The fraction of sp³-hybridized carbons (Fsp3) is 0.500. The van der Waals surface area contributed by atoms with Gasteiger partial charge in [-0.2, -0.15) is 0 Å². The molecular formula is C2H4BNO2. The van der Waals surface area contributed by atoms with Crippen molar-refractivity contribution in [3.05, 3.63) is 0 Å². The third-order valence-corrected chi connectivity index (χ3v) is 0.253. The molecule has 32 valence electrons. The van der Waals surface area contributed by atoms with Gasteiger partial charge in [-0.15, -0.1) is 0 Å². The second-order valence-electron chi connectivity index (χ2n) is 0.686. The van der Waals surface area contributed by atoms with Crippen LogP contribution in [-0.4, -0.2) is 25.5 Å². The lowest BCUT2D eigenvalue weighted by atomic mass is 10.2. The maximum Gasteiger partial charge on any atom is 0.403 e. The highest BCUT2D eigenvalue weighted by molar-refractivity contribution is 6.09. The van der Waals surface area contributed by atoms with Crippen LogP contribution in [0.5, 0.6) is 0 Å². The van der Waals surface area contributed by atoms with E-state index in [-0.39, 0.29) is 6.44 Å². The Bertz CT molecular complexity index is 55.5. The Balaban J connectivity index is 2.83. The lowest BCUT2D eigenvalue weighted by molar-refractivity contribution is 0.196. The summed E-state index contributed by atoms with van der Waals surface area (Å²) < 4.78 is 0. The summed E-state index contributed by atoms with van der Waals surface area (Å²) in [6.07, 6.45) is -1.10. The topological polar surface area (TPSA) is 49.3 Å². The Morgan fingerprint density at radius 2 is 2.50 bits per heavy atom. The number of amides is 1. The molecule has 0 unspecified atom stereocenters. The highest BCUT2D eigenvalue weighted by Crippen LogP contribution is 1.51. The van der Waals surface area contributed by atoms with E-state index < -0.39 is 6.09 Å². The molecule has 0 aromatic rings. The van der Waals surface area contributed by atoms with Crippen LogP contribution in [0.3, 0.4) is 0 Å². The molecule has 0 aromatic heterocycles. The molecule has 0 aromatic carbocycles. The summed E-state index contributed by atoms with van der Waals surface area (Å²) in [5, 5.41) is 9.63. The lowest BCUT2D eigenvalue weighted by Gasteiger charge is -1.87. The largest absolute Gasteiger partial charge is 0.465 e. The molecule has 2 radical (unpaired) electrons. The van der Waals surface area contributed by atoms with Crippen molar-refractivity contribution in [2.75, 3.05) is 6.44 Å². The molecular weight excluding hydrogens is 80.8 g/mol. The van der Waals surface area contributed by atoms with Crippen molar-refractivity contribution in [3.63, 3.8) is 0 Å². The monoisotopic (exact) mass is 85.0 g/mol. The van der Waals surface area contributed by atoms with Crippen LogP contribution in [0, 0.1) is 0 Å². The maximum atomic E-state index is 9.41. The molecule has 3 nitrogen and oxygen atoms in total. The van der Waals surface area contributed by atoms with E-state index in [1.54, 1.807) is 0 Å². The van der Waals surface area contributed by atoms with Crippen molar-refractivity contribution in [1.29, 1.82) is 0 Å². The van der Waals surface area contributed by atoms with E-state index in [2.05, 4.69) is 0 Å². The summed E-state index contributed by atoms with van der Waals surface area (Å²) >= 11 is 0. The number of nitrogens with one attached hydrogen (secondary N) is 1. The summed E-state index contributed by atoms with van der Waals surface area (Å²) in [5.41, 5.74) is 0. The summed E-state index contributed by atoms with van der Waals surface area (Å²) in [4.78, 5) is 9.41. The van der Waals surface area contributed by atoms with Crippen LogP contribution in [-0.2, 0) is 0 Å². The number of rotatable bonds is 1. The first-order chi connectivity index (χ1) is 2.77. The van der Waals surface area contributed by atoms with Crippen LogP contribution in [0.1, 0.15) is 0 Å². The first-order valence-corrected chi connectivity index (χ1v) is 1.44. The van der Waals surface area contributed by atoms with Gasteiger partial charge in [-0.1, -0.05) is 0 Å². The van der Waals surface area contributed by atoms with E-state index in [1.165, 1.54) is 0 Å². The van der Waals surface area contributed by atoms with Crippen molar-refractivity contribution >= 4 is 13.9 Å². The van der Waals surface area contributed by atoms with Gasteiger partial charge in [0.25, 0.3) is 0 Å². The molecule has 0 bridgehead atoms. The fourth-order valence-corrected chi connectivity index (χ4v) is 0.0873. The molecule has 6 heavy (non-hydrogen) atoms. The smallest absolute Gasteiger partial charge is 0.403 e. The minimum atomic E-state index is -1.09. The van der Waals surface area contributed by atoms with Crippen molar-refractivity contribution in [3.8, 4) is 0 Å². The normalized spacial score (nSPS) is 7.33. The highest BCUT2D eigenvalue weighted by Gasteiger charge is 1.82. The molecule has 0 rings (SSSR count). The molecule has 0 saturated carbocycles. The molecule has 1 amide bonds. The van der Waals surface area contributed by atoms with E-state index in [1.807, 2.05) is 5.32 Å². The molecule has 0 spiro atoms. The molecule has 2 N–H and O–H groups in total. The molecule has 0 fully saturated rings. The second kappa shape index (κ2) is 2.57. The van der Waals surface area contributed by atoms with Gasteiger partial charge >= 0.3 is 6.09 Å². The fourth-order valence-electron chi connectivity index (χ4n) is 0.0873. The average molecular weight is 84.9 g/mol. The summed E-state index contributed by atoms with van der Waals surface area (Å²) in [6, 6.07) is 0. The number of carbonyl (C=O) groups is 1. The van der Waals surface area contributed by atoms with Crippen LogP contribution in [0.15, 0.2) is 0 Å². The van der Waals surface area contributed by atoms with Crippen LogP contribution >= 0.6 is 0 Å². The second-order valence-corrected chi connectivity index (χ2v) is 0.686. The molecule has 0 atom stereocenters. The number of carboxylic acid groups (broad SMARTS) is 1. The Hall–Kier alpha value is -0.665. The highest BCUT2D eigenvalue weighted by atomic mass is 16.4. The van der Waals surface area contributed by atoms with Crippen LogP contribution in [0.2, 0.25) is 0 Å². The first kappa shape index (κ1) is 5.33. The number of hydrogen-bond acceptors (Lipinski definition) is 1. The molecule has 0 heterocycles. The lowest BCUT2D eigenvalue weighted by Crippen LogP contribution is -2.21. The van der Waals surface area contributed by atoms with Crippen molar-refractivity contribution < 1.29 is 9.90 Å². The van der Waals surface area contributed by atoms with E-state index in [9.17, 15) is 4.79 Å². The summed E-state index contributed by atoms with van der Waals surface area (Å²) in [5.74, 6) is 0. The number of hydrogen-bond donors (Lipinski definition) is 2. The van der Waals surface area contributed by atoms with Gasteiger partial charge in [0.05, 0.1) is 7.85 Å². The Morgan fingerprint density at radius 3 is 2.50 bits per heavy atom. The molecule has 0 aliphatic heterocycles. The summed E-state index contributed by atoms with van der Waals surface area (Å²) in [6.45, 7) is 0. The van der Waals surface area contributed by atoms with E-state index in [0.717, 1.165) is 0 Å². The SMILES string of the molecule is [B]CNC(=O)O. The predicted octanol–water partition coefficient (Wildman–Crippen LogP) is -0.620. The molecule has 0 aliphatic carbocycles. The van der Waals surface area contributed by atoms with Crippen LogP contribution < -0.4 is 5.32 Å². The molecule has 0 aliphatic rings. The third kappa shape index (κ3) is 3.33. The van der Waals surface area contributed by atoms with E-state index in [0.29, 0.717) is 0 Å². The zero-order chi connectivity index (χ0) is 4.99. The van der Waals surface area contributed by atoms with Gasteiger partial charge in [-0.3, -0.25) is 0 Å². The zero-order valence-corrected chi connectivity index (χ0v) is 3.14. The van der Waals surface area contributed by atoms with Gasteiger partial charge in [-0.05, 0) is 6.44 Å². The van der Waals surface area contributed by atoms with Crippen molar-refractivity contribution in [2.24, 2.45) is 0 Å². The van der Waals surface area contributed by atoms with Crippen molar-refractivity contribution in [2.45, 2.75) is 0 Å². The molecule has 4 heteroatoms. The van der Waals surface area contributed by atoms with E-state index in [4.69, 9.17) is 13.0 Å². The van der Waals surface area contributed by atoms with Crippen LogP contribution in [0.25, 0.3) is 0 Å². The van der Waals surface area contributed by atoms with Gasteiger partial charge in [0.2, 0.25) is 0 Å².